The number of anilines is 1. The van der Waals surface area contributed by atoms with E-state index < -0.39 is 6.36 Å². The zero-order chi connectivity index (χ0) is 15.6. The van der Waals surface area contributed by atoms with E-state index >= 15 is 0 Å². The molecule has 0 aliphatic carbocycles. The number of hydrogen-bond acceptors (Lipinski definition) is 3. The standard InChI is InChI=1S/C15H21F3N2O/c1-10(2)14-8-19-11(3)9-20(14)12-5-4-6-13(7-12)21-15(16,17)18/h4-7,10-11,14,19H,8-9H2,1-3H3. The number of alkyl halides is 3. The van der Waals surface area contributed by atoms with Crippen LogP contribution in [0.5, 0.6) is 5.75 Å². The van der Waals surface area contributed by atoms with Crippen LogP contribution < -0.4 is 15.0 Å². The Labute approximate surface area is 123 Å². The molecule has 0 saturated carbocycles. The Hall–Kier alpha value is -1.43. The van der Waals surface area contributed by atoms with Crippen LogP contribution in [0.4, 0.5) is 18.9 Å². The highest BCUT2D eigenvalue weighted by molar-refractivity contribution is 5.52. The van der Waals surface area contributed by atoms with Crippen LogP contribution in [0.1, 0.15) is 20.8 Å². The molecule has 0 radical (unpaired) electrons. The van der Waals surface area contributed by atoms with Crippen LogP contribution in [-0.4, -0.2) is 31.5 Å². The minimum Gasteiger partial charge on any atom is -0.406 e. The molecule has 118 valence electrons. The maximum Gasteiger partial charge on any atom is 0.573 e. The second kappa shape index (κ2) is 6.13. The number of piperazine rings is 1. The molecular formula is C15H21F3N2O. The summed E-state index contributed by atoms with van der Waals surface area (Å²) in [7, 11) is 0. The van der Waals surface area contributed by atoms with Crippen LogP contribution in [0.3, 0.4) is 0 Å². The highest BCUT2D eigenvalue weighted by Crippen LogP contribution is 2.29. The van der Waals surface area contributed by atoms with Gasteiger partial charge in [-0.25, -0.2) is 0 Å². The number of nitrogens with one attached hydrogen (secondary N) is 1. The number of hydrogen-bond donors (Lipinski definition) is 1. The number of nitrogens with zero attached hydrogens (tertiary/aromatic N) is 1. The van der Waals surface area contributed by atoms with Gasteiger partial charge in [-0.3, -0.25) is 0 Å². The van der Waals surface area contributed by atoms with Gasteiger partial charge in [0.05, 0.1) is 0 Å². The third-order valence-electron chi connectivity index (χ3n) is 3.70. The molecule has 0 aromatic heterocycles. The lowest BCUT2D eigenvalue weighted by Crippen LogP contribution is -2.57. The second-order valence-corrected chi connectivity index (χ2v) is 5.82. The largest absolute Gasteiger partial charge is 0.573 e. The van der Waals surface area contributed by atoms with E-state index in [1.54, 1.807) is 6.07 Å². The summed E-state index contributed by atoms with van der Waals surface area (Å²) in [5, 5.41) is 3.41. The predicted octanol–water partition coefficient (Wildman–Crippen LogP) is 3.41. The van der Waals surface area contributed by atoms with Crippen molar-refractivity contribution in [1.29, 1.82) is 0 Å². The molecule has 1 saturated heterocycles. The van der Waals surface area contributed by atoms with Gasteiger partial charge in [-0.2, -0.15) is 0 Å². The zero-order valence-corrected chi connectivity index (χ0v) is 12.4. The van der Waals surface area contributed by atoms with E-state index in [1.165, 1.54) is 12.1 Å². The Kier molecular flexibility index (Phi) is 4.66. The smallest absolute Gasteiger partial charge is 0.406 e. The maximum absolute atomic E-state index is 12.3. The number of rotatable bonds is 3. The first-order valence-electron chi connectivity index (χ1n) is 7.12. The maximum atomic E-state index is 12.3. The second-order valence-electron chi connectivity index (χ2n) is 5.82. The minimum absolute atomic E-state index is 0.173. The van der Waals surface area contributed by atoms with E-state index in [2.05, 4.69) is 35.7 Å². The topological polar surface area (TPSA) is 24.5 Å². The van der Waals surface area contributed by atoms with Gasteiger partial charge in [0.1, 0.15) is 5.75 Å². The fourth-order valence-corrected chi connectivity index (χ4v) is 2.68. The van der Waals surface area contributed by atoms with Gasteiger partial charge in [-0.15, -0.1) is 13.2 Å². The Morgan fingerprint density at radius 1 is 1.33 bits per heavy atom. The van der Waals surface area contributed by atoms with Crippen molar-refractivity contribution in [3.63, 3.8) is 0 Å². The molecule has 0 spiro atoms. The molecule has 2 unspecified atom stereocenters. The average molecular weight is 302 g/mol. The van der Waals surface area contributed by atoms with Crippen LogP contribution in [0.25, 0.3) is 0 Å². The van der Waals surface area contributed by atoms with Crippen LogP contribution in [0.15, 0.2) is 24.3 Å². The van der Waals surface area contributed by atoms with Gasteiger partial charge >= 0.3 is 6.36 Å². The predicted molar refractivity (Wildman–Crippen MR) is 76.6 cm³/mol. The van der Waals surface area contributed by atoms with Gasteiger partial charge in [0.25, 0.3) is 0 Å². The molecule has 1 fully saturated rings. The van der Waals surface area contributed by atoms with Gasteiger partial charge in [-0.05, 0) is 25.0 Å². The summed E-state index contributed by atoms with van der Waals surface area (Å²) >= 11 is 0. The molecule has 1 aliphatic heterocycles. The highest BCUT2D eigenvalue weighted by atomic mass is 19.4. The van der Waals surface area contributed by atoms with Crippen LogP contribution in [0.2, 0.25) is 0 Å². The quantitative estimate of drug-likeness (QED) is 0.926. The number of ether oxygens (including phenoxy) is 1. The average Bonchev–Trinajstić information content (AvgIpc) is 2.36. The summed E-state index contributed by atoms with van der Waals surface area (Å²) in [5.41, 5.74) is 0.767. The highest BCUT2D eigenvalue weighted by Gasteiger charge is 2.32. The van der Waals surface area contributed by atoms with Crippen LogP contribution in [0, 0.1) is 5.92 Å². The molecule has 1 aromatic rings. The van der Waals surface area contributed by atoms with E-state index in [0.29, 0.717) is 12.0 Å². The lowest BCUT2D eigenvalue weighted by atomic mass is 9.98. The fraction of sp³-hybridized carbons (Fsp3) is 0.600. The first-order valence-corrected chi connectivity index (χ1v) is 7.12. The van der Waals surface area contributed by atoms with Gasteiger partial charge in [0.2, 0.25) is 0 Å². The number of halogens is 3. The van der Waals surface area contributed by atoms with Crippen molar-refractivity contribution >= 4 is 5.69 Å². The first-order chi connectivity index (χ1) is 9.76. The molecule has 21 heavy (non-hydrogen) atoms. The third kappa shape index (κ3) is 4.27. The lowest BCUT2D eigenvalue weighted by Gasteiger charge is -2.43. The molecule has 2 atom stereocenters. The first kappa shape index (κ1) is 15.9. The van der Waals surface area contributed by atoms with E-state index in [1.807, 2.05) is 6.07 Å². The van der Waals surface area contributed by atoms with E-state index in [-0.39, 0.29) is 11.8 Å². The van der Waals surface area contributed by atoms with E-state index in [4.69, 9.17) is 0 Å². The third-order valence-corrected chi connectivity index (χ3v) is 3.70. The molecule has 6 heteroatoms. The SMILES string of the molecule is CC1CN(c2cccc(OC(F)(F)F)c2)C(C(C)C)CN1. The fourth-order valence-electron chi connectivity index (χ4n) is 2.68. The normalized spacial score (nSPS) is 23.5. The Bertz CT molecular complexity index is 476. The van der Waals surface area contributed by atoms with Crippen molar-refractivity contribution < 1.29 is 17.9 Å². The Morgan fingerprint density at radius 2 is 2.05 bits per heavy atom. The monoisotopic (exact) mass is 302 g/mol. The lowest BCUT2D eigenvalue weighted by molar-refractivity contribution is -0.274. The minimum atomic E-state index is -4.66. The molecular weight excluding hydrogens is 281 g/mol. The van der Waals surface area contributed by atoms with E-state index in [0.717, 1.165) is 18.8 Å². The number of benzene rings is 1. The van der Waals surface area contributed by atoms with Crippen LogP contribution >= 0.6 is 0 Å². The summed E-state index contributed by atoms with van der Waals surface area (Å²) in [6, 6.07) is 6.76. The molecule has 1 heterocycles. The molecule has 1 aromatic carbocycles. The van der Waals surface area contributed by atoms with Crippen molar-refractivity contribution in [2.45, 2.75) is 39.2 Å². The Morgan fingerprint density at radius 3 is 2.67 bits per heavy atom. The van der Waals surface area contributed by atoms with Crippen molar-refractivity contribution in [2.75, 3.05) is 18.0 Å². The van der Waals surface area contributed by atoms with Gasteiger partial charge in [-0.1, -0.05) is 19.9 Å². The molecule has 3 nitrogen and oxygen atoms in total. The van der Waals surface area contributed by atoms with Gasteiger partial charge in [0, 0.05) is 36.9 Å². The molecule has 0 amide bonds. The zero-order valence-electron chi connectivity index (χ0n) is 12.4. The van der Waals surface area contributed by atoms with Crippen molar-refractivity contribution in [1.82, 2.24) is 5.32 Å². The Balaban J connectivity index is 2.24. The van der Waals surface area contributed by atoms with Crippen molar-refractivity contribution in [2.24, 2.45) is 5.92 Å². The van der Waals surface area contributed by atoms with Crippen molar-refractivity contribution in [3.05, 3.63) is 24.3 Å². The molecule has 2 rings (SSSR count). The summed E-state index contributed by atoms with van der Waals surface area (Å²) in [6.07, 6.45) is -4.66. The summed E-state index contributed by atoms with van der Waals surface area (Å²) in [4.78, 5) is 2.16. The van der Waals surface area contributed by atoms with Gasteiger partial charge < -0.3 is 15.0 Å². The van der Waals surface area contributed by atoms with Crippen molar-refractivity contribution in [3.8, 4) is 5.75 Å². The molecule has 1 aliphatic rings. The molecule has 1 N–H and O–H groups in total. The van der Waals surface area contributed by atoms with Crippen LogP contribution in [-0.2, 0) is 0 Å². The summed E-state index contributed by atoms with van der Waals surface area (Å²) < 4.78 is 41.0. The van der Waals surface area contributed by atoms with E-state index in [9.17, 15) is 13.2 Å². The molecule has 0 bridgehead atoms. The van der Waals surface area contributed by atoms with Gasteiger partial charge in [0.15, 0.2) is 0 Å². The summed E-state index contributed by atoms with van der Waals surface area (Å²) in [5.74, 6) is 0.228. The summed E-state index contributed by atoms with van der Waals surface area (Å²) in [6.45, 7) is 7.89.